The van der Waals surface area contributed by atoms with Crippen molar-refractivity contribution >= 4 is 10.1 Å². The van der Waals surface area contributed by atoms with Gasteiger partial charge in [0.2, 0.25) is 11.7 Å². The van der Waals surface area contributed by atoms with Crippen LogP contribution in [0.5, 0.6) is 5.75 Å². The van der Waals surface area contributed by atoms with Gasteiger partial charge in [0.15, 0.2) is 0 Å². The Morgan fingerprint density at radius 1 is 0.575 bits per heavy atom. The van der Waals surface area contributed by atoms with Crippen LogP contribution in [0.15, 0.2) is 40.8 Å². The van der Waals surface area contributed by atoms with Gasteiger partial charge in [-0.15, -0.1) is 0 Å². The van der Waals surface area contributed by atoms with Gasteiger partial charge in [-0.1, -0.05) is 0 Å². The van der Waals surface area contributed by atoms with E-state index < -0.39 is 80.2 Å². The van der Waals surface area contributed by atoms with E-state index in [1.807, 2.05) is 0 Å². The van der Waals surface area contributed by atoms with Gasteiger partial charge < -0.3 is 4.74 Å². The van der Waals surface area contributed by atoms with Crippen LogP contribution < -0.4 is 4.74 Å². The maximum absolute atomic E-state index is 13.8. The van der Waals surface area contributed by atoms with Gasteiger partial charge in [0, 0.05) is 0 Å². The third kappa shape index (κ3) is 5.34. The van der Waals surface area contributed by atoms with E-state index in [0.717, 1.165) is 0 Å². The van der Waals surface area contributed by atoms with Crippen LogP contribution in [-0.4, -0.2) is 60.8 Å². The van der Waals surface area contributed by atoms with Gasteiger partial charge in [0.25, 0.3) is 10.1 Å². The zero-order valence-electron chi connectivity index (χ0n) is 17.6. The fraction of sp³-hybridized carbons (Fsp3) is 0.500. The number of halogens is 19. The van der Waals surface area contributed by atoms with E-state index in [4.69, 9.17) is 4.55 Å². The SMILES string of the molecule is O=S(=O)(O)c1ccc(OC(F)(F)C(F)(F)C(F)(F)C(F)(F)C(F)(F)C(F)(F)/C(F)=C(\F)C(F)(F)C(F)(F)F)cc1. The molecule has 0 saturated carbocycles. The first-order chi connectivity index (χ1) is 17.2. The fourth-order valence-electron chi connectivity index (χ4n) is 2.20. The summed E-state index contributed by atoms with van der Waals surface area (Å²) in [7, 11) is -5.13. The molecule has 4 nitrogen and oxygen atoms in total. The Hall–Kier alpha value is -2.66. The largest absolute Gasteiger partial charge is 0.471 e. The smallest absolute Gasteiger partial charge is 0.428 e. The molecule has 1 aromatic rings. The highest BCUT2D eigenvalue weighted by Gasteiger charge is 2.92. The molecule has 40 heavy (non-hydrogen) atoms. The Bertz CT molecular complexity index is 1230. The lowest BCUT2D eigenvalue weighted by Crippen LogP contribution is -2.71. The van der Waals surface area contributed by atoms with Gasteiger partial charge in [0.1, 0.15) is 5.75 Å². The molecule has 0 fully saturated rings. The summed E-state index contributed by atoms with van der Waals surface area (Å²) in [6.45, 7) is 0. The van der Waals surface area contributed by atoms with Gasteiger partial charge in [-0.05, 0) is 24.3 Å². The monoisotopic (exact) mass is 654 g/mol. The topological polar surface area (TPSA) is 63.6 Å². The van der Waals surface area contributed by atoms with Crippen molar-refractivity contribution in [2.45, 2.75) is 52.7 Å². The molecule has 0 bridgehead atoms. The lowest BCUT2D eigenvalue weighted by atomic mass is 9.92. The highest BCUT2D eigenvalue weighted by Crippen LogP contribution is 2.62. The molecular formula is C16H5F19O4S. The van der Waals surface area contributed by atoms with Crippen molar-refractivity contribution < 1.29 is 101 Å². The summed E-state index contributed by atoms with van der Waals surface area (Å²) < 4.78 is 285. The number of ether oxygens (including phenoxy) is 1. The Morgan fingerprint density at radius 2 is 0.925 bits per heavy atom. The maximum Gasteiger partial charge on any atom is 0.471 e. The van der Waals surface area contributed by atoms with Crippen molar-refractivity contribution in [1.29, 1.82) is 0 Å². The van der Waals surface area contributed by atoms with Crippen molar-refractivity contribution in [2.75, 3.05) is 0 Å². The van der Waals surface area contributed by atoms with Crippen molar-refractivity contribution in [1.82, 2.24) is 0 Å². The third-order valence-electron chi connectivity index (χ3n) is 4.41. The second-order valence-corrected chi connectivity index (χ2v) is 8.56. The lowest BCUT2D eigenvalue weighted by Gasteiger charge is -2.40. The average Bonchev–Trinajstić information content (AvgIpc) is 2.75. The molecule has 0 aliphatic heterocycles. The van der Waals surface area contributed by atoms with Crippen LogP contribution in [0.4, 0.5) is 83.4 Å². The van der Waals surface area contributed by atoms with E-state index in [-0.39, 0.29) is 24.3 Å². The maximum atomic E-state index is 13.8. The Balaban J connectivity index is 3.64. The Kier molecular flexibility index (Phi) is 8.59. The lowest BCUT2D eigenvalue weighted by molar-refractivity contribution is -0.444. The molecule has 0 aliphatic carbocycles. The van der Waals surface area contributed by atoms with Crippen LogP contribution in [0, 0.1) is 0 Å². The van der Waals surface area contributed by atoms with E-state index in [9.17, 15) is 91.8 Å². The van der Waals surface area contributed by atoms with Crippen LogP contribution in [-0.2, 0) is 10.1 Å². The van der Waals surface area contributed by atoms with Crippen molar-refractivity contribution in [3.63, 3.8) is 0 Å². The minimum absolute atomic E-state index is 0.0285. The standard InChI is InChI=1S/C16H5F19O4S/c17-7(8(18)10(21,22)15(31,32)33)9(19,20)11(23,24)12(25,26)13(27,28)14(29,30)16(34,35)39-5-1-3-6(4-2-5)40(36,37)38/h1-4H,(H,36,37,38)/b8-7+. The second-order valence-electron chi connectivity index (χ2n) is 7.14. The summed E-state index contributed by atoms with van der Waals surface area (Å²) in [5.74, 6) is -62.5. The second kappa shape index (κ2) is 9.72. The van der Waals surface area contributed by atoms with Crippen LogP contribution >= 0.6 is 0 Å². The first-order valence-electron chi connectivity index (χ1n) is 8.79. The van der Waals surface area contributed by atoms with E-state index in [2.05, 4.69) is 4.74 Å². The number of allylic oxidation sites excluding steroid dienone is 2. The third-order valence-corrected chi connectivity index (χ3v) is 5.28. The number of hydrogen-bond acceptors (Lipinski definition) is 3. The molecule has 0 amide bonds. The molecule has 1 N–H and O–H groups in total. The minimum atomic E-state index is -8.74. The van der Waals surface area contributed by atoms with Crippen molar-refractivity contribution in [3.05, 3.63) is 35.9 Å². The number of benzene rings is 1. The molecule has 0 spiro atoms. The van der Waals surface area contributed by atoms with E-state index in [1.165, 1.54) is 0 Å². The van der Waals surface area contributed by atoms with E-state index in [1.54, 1.807) is 0 Å². The highest BCUT2D eigenvalue weighted by atomic mass is 32.2. The quantitative estimate of drug-likeness (QED) is 0.211. The zero-order chi connectivity index (χ0) is 32.3. The Labute approximate surface area is 206 Å². The summed E-state index contributed by atoms with van der Waals surface area (Å²) in [6.07, 6.45) is -14.6. The molecule has 0 atom stereocenters. The first kappa shape index (κ1) is 35.4. The highest BCUT2D eigenvalue weighted by molar-refractivity contribution is 7.85. The molecule has 1 rings (SSSR count). The van der Waals surface area contributed by atoms with Crippen LogP contribution in [0.3, 0.4) is 0 Å². The molecule has 0 heterocycles. The van der Waals surface area contributed by atoms with Crippen LogP contribution in [0.2, 0.25) is 0 Å². The molecule has 24 heteroatoms. The molecule has 0 saturated heterocycles. The summed E-state index contributed by atoms with van der Waals surface area (Å²) in [6, 6.07) is -0.257. The predicted octanol–water partition coefficient (Wildman–Crippen LogP) is 7.43. The molecule has 1 aromatic carbocycles. The summed E-state index contributed by atoms with van der Waals surface area (Å²) in [5.41, 5.74) is 0. The Morgan fingerprint density at radius 3 is 1.27 bits per heavy atom. The summed E-state index contributed by atoms with van der Waals surface area (Å²) in [5, 5.41) is 0. The van der Waals surface area contributed by atoms with Gasteiger partial charge in [0.05, 0.1) is 4.90 Å². The fourth-order valence-corrected chi connectivity index (χ4v) is 2.68. The normalized spacial score (nSPS) is 16.1. The van der Waals surface area contributed by atoms with Crippen molar-refractivity contribution in [2.24, 2.45) is 0 Å². The van der Waals surface area contributed by atoms with Gasteiger partial charge in [-0.3, -0.25) is 4.55 Å². The zero-order valence-corrected chi connectivity index (χ0v) is 18.4. The predicted molar refractivity (Wildman–Crippen MR) is 86.8 cm³/mol. The number of rotatable bonds is 10. The van der Waals surface area contributed by atoms with E-state index in [0.29, 0.717) is 0 Å². The average molecular weight is 654 g/mol. The molecule has 0 aliphatic rings. The van der Waals surface area contributed by atoms with E-state index >= 15 is 0 Å². The summed E-state index contributed by atoms with van der Waals surface area (Å²) >= 11 is 0. The van der Waals surface area contributed by atoms with Gasteiger partial charge in [-0.2, -0.15) is 83.1 Å². The molecular weight excluding hydrogens is 649 g/mol. The van der Waals surface area contributed by atoms with Gasteiger partial charge >= 0.3 is 47.8 Å². The molecule has 232 valence electrons. The number of alkyl halides is 17. The first-order valence-corrected chi connectivity index (χ1v) is 10.2. The summed E-state index contributed by atoms with van der Waals surface area (Å²) in [4.78, 5) is -1.22. The molecule has 0 aromatic heterocycles. The van der Waals surface area contributed by atoms with Crippen LogP contribution in [0.1, 0.15) is 0 Å². The number of hydrogen-bond donors (Lipinski definition) is 1. The molecule has 0 radical (unpaired) electrons. The minimum Gasteiger partial charge on any atom is -0.428 e. The van der Waals surface area contributed by atoms with Gasteiger partial charge in [-0.25, -0.2) is 8.78 Å². The van der Waals surface area contributed by atoms with Crippen molar-refractivity contribution in [3.8, 4) is 5.75 Å². The molecule has 0 unspecified atom stereocenters. The van der Waals surface area contributed by atoms with Crippen LogP contribution in [0.25, 0.3) is 0 Å².